The van der Waals surface area contributed by atoms with Crippen LogP contribution in [0.2, 0.25) is 0 Å². The van der Waals surface area contributed by atoms with E-state index in [0.717, 1.165) is 12.8 Å². The maximum atomic E-state index is 11.5. The van der Waals surface area contributed by atoms with Gasteiger partial charge >= 0.3 is 0 Å². The van der Waals surface area contributed by atoms with Crippen LogP contribution in [-0.4, -0.2) is 18.7 Å². The van der Waals surface area contributed by atoms with E-state index < -0.39 is 0 Å². The van der Waals surface area contributed by atoms with Gasteiger partial charge in [0.25, 0.3) is 0 Å². The van der Waals surface area contributed by atoms with Gasteiger partial charge in [-0.1, -0.05) is 71.6 Å². The van der Waals surface area contributed by atoms with Crippen molar-refractivity contribution in [1.29, 1.82) is 0 Å². The van der Waals surface area contributed by atoms with Crippen LogP contribution in [0.4, 0.5) is 5.69 Å². The van der Waals surface area contributed by atoms with Crippen molar-refractivity contribution in [3.8, 4) is 0 Å². The Morgan fingerprint density at radius 3 is 2.28 bits per heavy atom. The number of para-hydroxylation sites is 1. The minimum absolute atomic E-state index is 0.0170. The first kappa shape index (κ1) is 26.5. The Kier molecular flexibility index (Phi) is 13.3. The van der Waals surface area contributed by atoms with Crippen molar-refractivity contribution in [2.24, 2.45) is 5.92 Å². The van der Waals surface area contributed by atoms with Gasteiger partial charge in [0.2, 0.25) is 6.41 Å². The van der Waals surface area contributed by atoms with Crippen LogP contribution in [0.5, 0.6) is 0 Å². The predicted molar refractivity (Wildman–Crippen MR) is 130 cm³/mol. The number of anilines is 1. The molecule has 0 saturated heterocycles. The SMILES string of the molecule is C=Cc1scc(C)c1C=C.CC.CCC(C)CN(C=O)c1ccccc1C(C)=O. The van der Waals surface area contributed by atoms with Gasteiger partial charge in [-0.3, -0.25) is 9.59 Å². The summed E-state index contributed by atoms with van der Waals surface area (Å²) in [5.41, 5.74) is 3.81. The van der Waals surface area contributed by atoms with E-state index in [1.165, 1.54) is 22.9 Å². The Morgan fingerprint density at radius 1 is 1.21 bits per heavy atom. The minimum atomic E-state index is -0.0170. The second-order valence-corrected chi connectivity index (χ2v) is 7.36. The van der Waals surface area contributed by atoms with E-state index in [1.54, 1.807) is 22.3 Å². The molecule has 0 aliphatic rings. The third-order valence-corrected chi connectivity index (χ3v) is 5.48. The van der Waals surface area contributed by atoms with Crippen LogP contribution < -0.4 is 4.90 Å². The third-order valence-electron chi connectivity index (χ3n) is 4.37. The van der Waals surface area contributed by atoms with E-state index in [9.17, 15) is 9.59 Å². The summed E-state index contributed by atoms with van der Waals surface area (Å²) < 4.78 is 0. The molecular formula is C25H35NO2S. The van der Waals surface area contributed by atoms with Crippen molar-refractivity contribution < 1.29 is 9.59 Å². The van der Waals surface area contributed by atoms with Gasteiger partial charge in [-0.25, -0.2) is 0 Å². The molecule has 2 rings (SSSR count). The van der Waals surface area contributed by atoms with Gasteiger partial charge < -0.3 is 4.90 Å². The molecule has 29 heavy (non-hydrogen) atoms. The number of hydrogen-bond donors (Lipinski definition) is 0. The molecule has 0 bridgehead atoms. The number of rotatable bonds is 8. The van der Waals surface area contributed by atoms with Crippen LogP contribution in [0.25, 0.3) is 12.2 Å². The molecule has 0 radical (unpaired) electrons. The summed E-state index contributed by atoms with van der Waals surface area (Å²) in [6.07, 6.45) is 5.55. The molecule has 4 heteroatoms. The molecular weight excluding hydrogens is 378 g/mol. The number of Topliss-reactive ketones (excluding diaryl/α,β-unsaturated/α-hetero) is 1. The summed E-state index contributed by atoms with van der Waals surface area (Å²) in [7, 11) is 0. The number of carbonyl (C=O) groups excluding carboxylic acids is 2. The zero-order chi connectivity index (χ0) is 22.4. The van der Waals surface area contributed by atoms with Crippen molar-refractivity contribution >= 4 is 41.4 Å². The largest absolute Gasteiger partial charge is 0.314 e. The Bertz CT molecular complexity index is 792. The highest BCUT2D eigenvalue weighted by atomic mass is 32.1. The molecule has 0 aliphatic carbocycles. The summed E-state index contributed by atoms with van der Waals surface area (Å²) in [5, 5.41) is 2.12. The lowest BCUT2D eigenvalue weighted by Crippen LogP contribution is -2.28. The van der Waals surface area contributed by atoms with Crippen molar-refractivity contribution in [2.45, 2.75) is 48.0 Å². The number of thiophene rings is 1. The van der Waals surface area contributed by atoms with Crippen LogP contribution in [0.1, 0.15) is 67.4 Å². The first-order valence-corrected chi connectivity index (χ1v) is 10.9. The molecule has 3 nitrogen and oxygen atoms in total. The smallest absolute Gasteiger partial charge is 0.214 e. The molecule has 1 aromatic carbocycles. The fourth-order valence-electron chi connectivity index (χ4n) is 2.58. The summed E-state index contributed by atoms with van der Waals surface area (Å²) >= 11 is 1.71. The van der Waals surface area contributed by atoms with Gasteiger partial charge in [-0.15, -0.1) is 11.3 Å². The second kappa shape index (κ2) is 14.5. The lowest BCUT2D eigenvalue weighted by molar-refractivity contribution is -0.107. The number of carbonyl (C=O) groups is 2. The van der Waals surface area contributed by atoms with Crippen molar-refractivity contribution in [1.82, 2.24) is 0 Å². The number of hydrogen-bond acceptors (Lipinski definition) is 3. The van der Waals surface area contributed by atoms with E-state index in [1.807, 2.05) is 44.2 Å². The van der Waals surface area contributed by atoms with Gasteiger partial charge in [0, 0.05) is 17.0 Å². The summed E-state index contributed by atoms with van der Waals surface area (Å²) in [4.78, 5) is 25.5. The van der Waals surface area contributed by atoms with E-state index in [2.05, 4.69) is 39.3 Å². The maximum absolute atomic E-state index is 11.5. The molecule has 2 aromatic rings. The summed E-state index contributed by atoms with van der Waals surface area (Å²) in [6, 6.07) is 7.22. The predicted octanol–water partition coefficient (Wildman–Crippen LogP) is 7.27. The Balaban J connectivity index is 0.000000554. The minimum Gasteiger partial charge on any atom is -0.314 e. The zero-order valence-electron chi connectivity index (χ0n) is 18.7. The van der Waals surface area contributed by atoms with Gasteiger partial charge in [0.15, 0.2) is 5.78 Å². The zero-order valence-corrected chi connectivity index (χ0v) is 19.5. The first-order valence-electron chi connectivity index (χ1n) is 10.0. The van der Waals surface area contributed by atoms with Gasteiger partial charge in [0.05, 0.1) is 5.69 Å². The monoisotopic (exact) mass is 413 g/mol. The number of ketones is 1. The Hall–Kier alpha value is -2.46. The van der Waals surface area contributed by atoms with Crippen molar-refractivity contribution in [2.75, 3.05) is 11.4 Å². The number of aryl methyl sites for hydroxylation is 1. The summed E-state index contributed by atoms with van der Waals surface area (Å²) in [5.74, 6) is 0.400. The molecule has 1 unspecified atom stereocenters. The average Bonchev–Trinajstić information content (AvgIpc) is 3.13. The Morgan fingerprint density at radius 2 is 1.83 bits per heavy atom. The lowest BCUT2D eigenvalue weighted by Gasteiger charge is -2.22. The highest BCUT2D eigenvalue weighted by Gasteiger charge is 2.14. The lowest BCUT2D eigenvalue weighted by atomic mass is 10.1. The number of nitrogens with zero attached hydrogens (tertiary/aromatic N) is 1. The van der Waals surface area contributed by atoms with E-state index >= 15 is 0 Å². The Labute approximate surface area is 180 Å². The maximum Gasteiger partial charge on any atom is 0.214 e. The molecule has 158 valence electrons. The quantitative estimate of drug-likeness (QED) is 0.337. The van der Waals surface area contributed by atoms with Crippen molar-refractivity contribution in [3.63, 3.8) is 0 Å². The van der Waals surface area contributed by atoms with Crippen LogP contribution >= 0.6 is 11.3 Å². The van der Waals surface area contributed by atoms with Crippen molar-refractivity contribution in [3.05, 3.63) is 64.4 Å². The summed E-state index contributed by atoms with van der Waals surface area (Å²) in [6.45, 7) is 19.9. The van der Waals surface area contributed by atoms with E-state index in [4.69, 9.17) is 0 Å². The average molecular weight is 414 g/mol. The van der Waals surface area contributed by atoms with Crippen LogP contribution in [-0.2, 0) is 4.79 Å². The fourth-order valence-corrected chi connectivity index (χ4v) is 3.48. The van der Waals surface area contributed by atoms with E-state index in [-0.39, 0.29) is 5.78 Å². The first-order chi connectivity index (χ1) is 13.9. The molecule has 0 saturated carbocycles. The van der Waals surface area contributed by atoms with E-state index in [0.29, 0.717) is 23.7 Å². The highest BCUT2D eigenvalue weighted by Crippen LogP contribution is 2.23. The van der Waals surface area contributed by atoms with Crippen LogP contribution in [0.15, 0.2) is 42.8 Å². The fraction of sp³-hybridized carbons (Fsp3) is 0.360. The molecule has 1 amide bonds. The standard InChI is InChI=1S/C14H19NO2.C9H10S.C2H6/c1-4-11(2)9-15(10-16)14-8-6-5-7-13(14)12(3)17;1-4-8-7(3)6-10-9(8)5-2;1-2/h5-8,10-11H,4,9H2,1-3H3;4-6H,1-2H2,3H3;1-2H3. The molecule has 1 aromatic heterocycles. The van der Waals surface area contributed by atoms with Crippen LogP contribution in [0.3, 0.4) is 0 Å². The highest BCUT2D eigenvalue weighted by molar-refractivity contribution is 7.11. The number of benzene rings is 1. The molecule has 1 heterocycles. The number of amides is 1. The molecule has 0 aliphatic heterocycles. The molecule has 0 N–H and O–H groups in total. The third kappa shape index (κ3) is 8.20. The van der Waals surface area contributed by atoms with Gasteiger partial charge in [-0.2, -0.15) is 0 Å². The molecule has 0 spiro atoms. The topological polar surface area (TPSA) is 37.4 Å². The molecule has 1 atom stereocenters. The van der Waals surface area contributed by atoms with Gasteiger partial charge in [-0.05, 0) is 48.4 Å². The van der Waals surface area contributed by atoms with Crippen LogP contribution in [0, 0.1) is 12.8 Å². The van der Waals surface area contributed by atoms with Gasteiger partial charge in [0.1, 0.15) is 0 Å². The normalized spacial score (nSPS) is 10.4. The second-order valence-electron chi connectivity index (χ2n) is 6.45. The molecule has 0 fully saturated rings.